The van der Waals surface area contributed by atoms with E-state index in [9.17, 15) is 4.79 Å². The van der Waals surface area contributed by atoms with Gasteiger partial charge in [-0.25, -0.2) is 0 Å². The zero-order valence-corrected chi connectivity index (χ0v) is 12.6. The monoisotopic (exact) mass is 302 g/mol. The van der Waals surface area contributed by atoms with Crippen molar-refractivity contribution >= 4 is 17.2 Å². The zero-order chi connectivity index (χ0) is 14.2. The second-order valence-corrected chi connectivity index (χ2v) is 6.92. The molecule has 21 heavy (non-hydrogen) atoms. The fourth-order valence-corrected chi connectivity index (χ4v) is 3.49. The lowest BCUT2D eigenvalue weighted by molar-refractivity contribution is 0.0496. The summed E-state index contributed by atoms with van der Waals surface area (Å²) >= 11 is 1.57. The number of thiophene rings is 1. The number of amides is 1. The fraction of sp³-hybridized carbons (Fsp3) is 0.533. The van der Waals surface area contributed by atoms with Crippen LogP contribution in [0.25, 0.3) is 0 Å². The Morgan fingerprint density at radius 3 is 2.90 bits per heavy atom. The van der Waals surface area contributed by atoms with Crippen molar-refractivity contribution in [1.82, 2.24) is 19.7 Å². The summed E-state index contributed by atoms with van der Waals surface area (Å²) in [5.74, 6) is 2.59. The van der Waals surface area contributed by atoms with Crippen molar-refractivity contribution in [2.45, 2.75) is 25.8 Å². The third-order valence-corrected chi connectivity index (χ3v) is 5.01. The van der Waals surface area contributed by atoms with Gasteiger partial charge in [0.1, 0.15) is 12.2 Å². The van der Waals surface area contributed by atoms with Gasteiger partial charge in [0, 0.05) is 37.4 Å². The van der Waals surface area contributed by atoms with Crippen LogP contribution in [-0.2, 0) is 13.0 Å². The molecule has 2 aromatic rings. The Balaban J connectivity index is 1.32. The molecule has 2 aliphatic rings. The molecule has 0 atom stereocenters. The van der Waals surface area contributed by atoms with Gasteiger partial charge < -0.3 is 9.47 Å². The summed E-state index contributed by atoms with van der Waals surface area (Å²) in [6.07, 6.45) is 5.45. The average molecular weight is 302 g/mol. The van der Waals surface area contributed by atoms with Crippen LogP contribution in [0, 0.1) is 11.8 Å². The van der Waals surface area contributed by atoms with Crippen molar-refractivity contribution in [3.8, 4) is 0 Å². The van der Waals surface area contributed by atoms with Crippen LogP contribution in [-0.4, -0.2) is 38.7 Å². The van der Waals surface area contributed by atoms with Crippen LogP contribution in [0.4, 0.5) is 0 Å². The maximum absolute atomic E-state index is 12.2. The van der Waals surface area contributed by atoms with Gasteiger partial charge in [-0.15, -0.1) is 10.2 Å². The lowest BCUT2D eigenvalue weighted by atomic mass is 9.95. The highest BCUT2D eigenvalue weighted by Crippen LogP contribution is 2.31. The average Bonchev–Trinajstić information content (AvgIpc) is 2.91. The molecule has 0 aromatic carbocycles. The van der Waals surface area contributed by atoms with E-state index in [4.69, 9.17) is 0 Å². The summed E-state index contributed by atoms with van der Waals surface area (Å²) in [5.41, 5.74) is 0.815. The van der Waals surface area contributed by atoms with Crippen molar-refractivity contribution in [2.75, 3.05) is 13.1 Å². The maximum atomic E-state index is 12.2. The van der Waals surface area contributed by atoms with Gasteiger partial charge in [-0.1, -0.05) is 0 Å². The highest BCUT2D eigenvalue weighted by molar-refractivity contribution is 7.08. The van der Waals surface area contributed by atoms with Gasteiger partial charge in [0.25, 0.3) is 5.91 Å². The summed E-state index contributed by atoms with van der Waals surface area (Å²) < 4.78 is 2.20. The molecule has 1 aliphatic heterocycles. The number of carbonyl (C=O) groups excluding carboxylic acids is 1. The van der Waals surface area contributed by atoms with Crippen molar-refractivity contribution < 1.29 is 4.79 Å². The van der Waals surface area contributed by atoms with Crippen LogP contribution >= 0.6 is 11.3 Å². The highest BCUT2D eigenvalue weighted by Gasteiger charge is 2.32. The molecular weight excluding hydrogens is 284 g/mol. The molecule has 0 bridgehead atoms. The number of hydrogen-bond acceptors (Lipinski definition) is 4. The summed E-state index contributed by atoms with van der Waals surface area (Å²) in [6.45, 7) is 2.74. The Morgan fingerprint density at radius 1 is 1.33 bits per heavy atom. The molecule has 1 saturated carbocycles. The van der Waals surface area contributed by atoms with Crippen molar-refractivity contribution in [3.05, 3.63) is 34.5 Å². The minimum absolute atomic E-state index is 0.159. The van der Waals surface area contributed by atoms with Crippen LogP contribution in [0.5, 0.6) is 0 Å². The Morgan fingerprint density at radius 2 is 2.19 bits per heavy atom. The molecule has 0 N–H and O–H groups in total. The SMILES string of the molecule is O=C(c1ccsc1)N1CC(Cc2nncn2CC2CC2)C1. The number of hydrogen-bond donors (Lipinski definition) is 0. The predicted octanol–water partition coefficient (Wildman–Crippen LogP) is 2.06. The first kappa shape index (κ1) is 13.0. The topological polar surface area (TPSA) is 51.0 Å². The second-order valence-electron chi connectivity index (χ2n) is 6.14. The largest absolute Gasteiger partial charge is 0.338 e. The molecule has 0 radical (unpaired) electrons. The molecular formula is C15H18N4OS. The van der Waals surface area contributed by atoms with Crippen molar-refractivity contribution in [2.24, 2.45) is 11.8 Å². The van der Waals surface area contributed by atoms with E-state index in [1.54, 1.807) is 11.3 Å². The molecule has 110 valence electrons. The van der Waals surface area contributed by atoms with Gasteiger partial charge in [0.05, 0.1) is 5.56 Å². The Kier molecular flexibility index (Phi) is 3.25. The number of aromatic nitrogens is 3. The Hall–Kier alpha value is -1.69. The molecule has 3 heterocycles. The van der Waals surface area contributed by atoms with E-state index in [-0.39, 0.29) is 5.91 Å². The Labute approximate surface area is 127 Å². The van der Waals surface area contributed by atoms with Gasteiger partial charge in [-0.2, -0.15) is 11.3 Å². The molecule has 0 spiro atoms. The third kappa shape index (κ3) is 2.72. The summed E-state index contributed by atoms with van der Waals surface area (Å²) in [7, 11) is 0. The van der Waals surface area contributed by atoms with E-state index in [0.717, 1.165) is 43.4 Å². The fourth-order valence-electron chi connectivity index (χ4n) is 2.86. The quantitative estimate of drug-likeness (QED) is 0.849. The molecule has 6 heteroatoms. The van der Waals surface area contributed by atoms with Gasteiger partial charge in [-0.05, 0) is 30.2 Å². The zero-order valence-electron chi connectivity index (χ0n) is 11.8. The summed E-state index contributed by atoms with van der Waals surface area (Å²) in [4.78, 5) is 14.1. The van der Waals surface area contributed by atoms with E-state index < -0.39 is 0 Å². The van der Waals surface area contributed by atoms with E-state index in [1.165, 1.54) is 12.8 Å². The van der Waals surface area contributed by atoms with Crippen LogP contribution in [0.3, 0.4) is 0 Å². The van der Waals surface area contributed by atoms with Crippen LogP contribution < -0.4 is 0 Å². The third-order valence-electron chi connectivity index (χ3n) is 4.33. The van der Waals surface area contributed by atoms with E-state index in [1.807, 2.05) is 28.1 Å². The standard InChI is InChI=1S/C15H18N4OS/c20-15(13-3-4-21-9-13)18-7-12(8-18)5-14-17-16-10-19(14)6-11-1-2-11/h3-4,9-12H,1-2,5-8H2. The predicted molar refractivity (Wildman–Crippen MR) is 80.2 cm³/mol. The molecule has 2 fully saturated rings. The highest BCUT2D eigenvalue weighted by atomic mass is 32.1. The minimum atomic E-state index is 0.159. The van der Waals surface area contributed by atoms with Crippen molar-refractivity contribution in [3.63, 3.8) is 0 Å². The second kappa shape index (κ2) is 5.26. The molecule has 1 saturated heterocycles. The molecule has 0 unspecified atom stereocenters. The lowest BCUT2D eigenvalue weighted by Gasteiger charge is -2.39. The number of likely N-dealkylation sites (tertiary alicyclic amines) is 1. The summed E-state index contributed by atoms with van der Waals surface area (Å²) in [6, 6.07) is 1.90. The van der Waals surface area contributed by atoms with Gasteiger partial charge >= 0.3 is 0 Å². The molecule has 5 nitrogen and oxygen atoms in total. The smallest absolute Gasteiger partial charge is 0.254 e. The molecule has 1 aliphatic carbocycles. The number of carbonyl (C=O) groups is 1. The first-order valence-electron chi connectivity index (χ1n) is 7.48. The van der Waals surface area contributed by atoms with E-state index in [0.29, 0.717) is 5.92 Å². The first-order valence-corrected chi connectivity index (χ1v) is 8.42. The Bertz CT molecular complexity index is 626. The van der Waals surface area contributed by atoms with Crippen molar-refractivity contribution in [1.29, 1.82) is 0 Å². The number of nitrogens with zero attached hydrogens (tertiary/aromatic N) is 4. The van der Waals surface area contributed by atoms with E-state index >= 15 is 0 Å². The molecule has 2 aromatic heterocycles. The normalized spacial score (nSPS) is 18.8. The van der Waals surface area contributed by atoms with E-state index in [2.05, 4.69) is 14.8 Å². The minimum Gasteiger partial charge on any atom is -0.338 e. The van der Waals surface area contributed by atoms with Gasteiger partial charge in [0.2, 0.25) is 0 Å². The molecule has 4 rings (SSSR count). The summed E-state index contributed by atoms with van der Waals surface area (Å²) in [5, 5.41) is 12.2. The van der Waals surface area contributed by atoms with Crippen LogP contribution in [0.2, 0.25) is 0 Å². The number of rotatable bonds is 5. The first-order chi connectivity index (χ1) is 10.3. The van der Waals surface area contributed by atoms with Crippen LogP contribution in [0.15, 0.2) is 23.2 Å². The van der Waals surface area contributed by atoms with Gasteiger partial charge in [-0.3, -0.25) is 4.79 Å². The lowest BCUT2D eigenvalue weighted by Crippen LogP contribution is -2.50. The van der Waals surface area contributed by atoms with Gasteiger partial charge in [0.15, 0.2) is 0 Å². The van der Waals surface area contributed by atoms with Crippen LogP contribution in [0.1, 0.15) is 29.0 Å². The maximum Gasteiger partial charge on any atom is 0.254 e. The molecule has 1 amide bonds.